The summed E-state index contributed by atoms with van der Waals surface area (Å²) in [6.45, 7) is 10.2. The summed E-state index contributed by atoms with van der Waals surface area (Å²) in [5.41, 5.74) is 1.26. The van der Waals surface area contributed by atoms with Gasteiger partial charge in [0.25, 0.3) is 0 Å². The first-order valence-electron chi connectivity index (χ1n) is 6.91. The van der Waals surface area contributed by atoms with E-state index in [9.17, 15) is 4.79 Å². The summed E-state index contributed by atoms with van der Waals surface area (Å²) in [6, 6.07) is 10.4. The van der Waals surface area contributed by atoms with Crippen molar-refractivity contribution in [3.8, 4) is 0 Å². The molecule has 1 rings (SSSR count). The minimum Gasteiger partial charge on any atom is -0.353 e. The maximum atomic E-state index is 11.5. The van der Waals surface area contributed by atoms with Gasteiger partial charge < -0.3 is 5.32 Å². The Morgan fingerprint density at radius 2 is 1.67 bits per heavy atom. The predicted octanol–water partition coefficient (Wildman–Crippen LogP) is 3.81. The van der Waals surface area contributed by atoms with E-state index in [1.807, 2.05) is 39.0 Å². The Morgan fingerprint density at radius 1 is 1.11 bits per heavy atom. The van der Waals surface area contributed by atoms with Gasteiger partial charge in [0.05, 0.1) is 0 Å². The number of rotatable bonds is 5. The fraction of sp³-hybridized carbons (Fsp3) is 0.562. The summed E-state index contributed by atoms with van der Waals surface area (Å²) in [6.07, 6.45) is 1.50. The second kappa shape index (κ2) is 9.69. The van der Waals surface area contributed by atoms with Gasteiger partial charge >= 0.3 is 0 Å². The average Bonchev–Trinajstić information content (AvgIpc) is 2.31. The van der Waals surface area contributed by atoms with Crippen molar-refractivity contribution >= 4 is 5.91 Å². The van der Waals surface area contributed by atoms with Gasteiger partial charge in [0, 0.05) is 12.5 Å². The Morgan fingerprint density at radius 3 is 2.17 bits per heavy atom. The largest absolute Gasteiger partial charge is 0.353 e. The third-order valence-electron chi connectivity index (χ3n) is 2.39. The van der Waals surface area contributed by atoms with Gasteiger partial charge in [0.1, 0.15) is 0 Å². The van der Waals surface area contributed by atoms with Crippen LogP contribution in [0.5, 0.6) is 0 Å². The Bertz CT molecular complexity index is 319. The van der Waals surface area contributed by atoms with Crippen LogP contribution in [-0.4, -0.2) is 11.9 Å². The molecule has 2 heteroatoms. The number of hydrogen-bond donors (Lipinski definition) is 1. The van der Waals surface area contributed by atoms with Crippen molar-refractivity contribution in [2.24, 2.45) is 5.92 Å². The van der Waals surface area contributed by atoms with E-state index in [1.165, 1.54) is 5.56 Å². The van der Waals surface area contributed by atoms with Crippen molar-refractivity contribution in [2.75, 3.05) is 0 Å². The van der Waals surface area contributed by atoms with Crippen molar-refractivity contribution < 1.29 is 4.79 Å². The molecule has 0 fully saturated rings. The third-order valence-corrected chi connectivity index (χ3v) is 2.39. The first kappa shape index (κ1) is 16.7. The third kappa shape index (κ3) is 7.88. The van der Waals surface area contributed by atoms with Crippen LogP contribution < -0.4 is 5.32 Å². The molecule has 0 aliphatic rings. The van der Waals surface area contributed by atoms with Crippen molar-refractivity contribution in [3.05, 3.63) is 35.9 Å². The van der Waals surface area contributed by atoms with Gasteiger partial charge in [-0.25, -0.2) is 0 Å². The molecule has 1 aromatic rings. The van der Waals surface area contributed by atoms with Gasteiger partial charge in [-0.2, -0.15) is 0 Å². The van der Waals surface area contributed by atoms with E-state index in [0.717, 1.165) is 6.42 Å². The number of hydrogen-bond acceptors (Lipinski definition) is 1. The minimum atomic E-state index is 0.151. The van der Waals surface area contributed by atoms with Crippen LogP contribution in [0.15, 0.2) is 30.3 Å². The molecule has 0 bridgehead atoms. The molecule has 0 aliphatic carbocycles. The van der Waals surface area contributed by atoms with Crippen LogP contribution in [-0.2, 0) is 11.2 Å². The lowest BCUT2D eigenvalue weighted by Gasteiger charge is -2.14. The van der Waals surface area contributed by atoms with Crippen molar-refractivity contribution in [3.63, 3.8) is 0 Å². The number of carbonyl (C=O) groups excluding carboxylic acids is 1. The number of carbonyl (C=O) groups is 1. The molecule has 0 radical (unpaired) electrons. The van der Waals surface area contributed by atoms with E-state index in [4.69, 9.17) is 0 Å². The lowest BCUT2D eigenvalue weighted by Crippen LogP contribution is -2.34. The maximum absolute atomic E-state index is 11.5. The van der Waals surface area contributed by atoms with Gasteiger partial charge in [-0.15, -0.1) is 0 Å². The lowest BCUT2D eigenvalue weighted by molar-refractivity contribution is -0.122. The molecule has 1 amide bonds. The fourth-order valence-corrected chi connectivity index (χ4v) is 1.72. The normalized spacial score (nSPS) is 11.4. The van der Waals surface area contributed by atoms with E-state index in [-0.39, 0.29) is 11.9 Å². The first-order chi connectivity index (χ1) is 8.58. The zero-order chi connectivity index (χ0) is 14.0. The molecular formula is C16H27NO. The Balaban J connectivity index is 0.00000137. The molecule has 2 nitrogen and oxygen atoms in total. The van der Waals surface area contributed by atoms with E-state index < -0.39 is 0 Å². The molecule has 1 aromatic carbocycles. The molecule has 102 valence electrons. The standard InChI is InChI=1S/C14H21NO.C2H6/c1-11(2)9-14(16)15-12(3)10-13-7-5-4-6-8-13;1-2/h4-8,11-12H,9-10H2,1-3H3,(H,15,16);1-2H3. The summed E-state index contributed by atoms with van der Waals surface area (Å²) in [7, 11) is 0. The van der Waals surface area contributed by atoms with Gasteiger partial charge in [0.15, 0.2) is 0 Å². The van der Waals surface area contributed by atoms with Gasteiger partial charge in [-0.05, 0) is 24.8 Å². The highest BCUT2D eigenvalue weighted by molar-refractivity contribution is 5.76. The zero-order valence-corrected chi connectivity index (χ0v) is 12.4. The fourth-order valence-electron chi connectivity index (χ4n) is 1.72. The van der Waals surface area contributed by atoms with Crippen molar-refractivity contribution in [1.29, 1.82) is 0 Å². The van der Waals surface area contributed by atoms with Gasteiger partial charge in [0.2, 0.25) is 5.91 Å². The Labute approximate surface area is 112 Å². The van der Waals surface area contributed by atoms with E-state index in [1.54, 1.807) is 0 Å². The maximum Gasteiger partial charge on any atom is 0.220 e. The quantitative estimate of drug-likeness (QED) is 0.844. The molecule has 0 spiro atoms. The highest BCUT2D eigenvalue weighted by atomic mass is 16.1. The van der Waals surface area contributed by atoms with Crippen molar-refractivity contribution in [1.82, 2.24) is 5.32 Å². The van der Waals surface area contributed by atoms with E-state index >= 15 is 0 Å². The molecule has 0 saturated carbocycles. The molecular weight excluding hydrogens is 222 g/mol. The van der Waals surface area contributed by atoms with Crippen LogP contribution in [0.1, 0.15) is 46.6 Å². The minimum absolute atomic E-state index is 0.151. The predicted molar refractivity (Wildman–Crippen MR) is 78.6 cm³/mol. The van der Waals surface area contributed by atoms with Gasteiger partial charge in [-0.3, -0.25) is 4.79 Å². The summed E-state index contributed by atoms with van der Waals surface area (Å²) in [5.74, 6) is 0.572. The zero-order valence-electron chi connectivity index (χ0n) is 12.4. The molecule has 1 N–H and O–H groups in total. The highest BCUT2D eigenvalue weighted by Gasteiger charge is 2.09. The molecule has 0 aliphatic heterocycles. The lowest BCUT2D eigenvalue weighted by atomic mass is 10.1. The molecule has 0 aromatic heterocycles. The van der Waals surface area contributed by atoms with Crippen LogP contribution in [0.3, 0.4) is 0 Å². The monoisotopic (exact) mass is 249 g/mol. The number of nitrogens with one attached hydrogen (secondary N) is 1. The molecule has 1 unspecified atom stereocenters. The smallest absolute Gasteiger partial charge is 0.220 e. The van der Waals surface area contributed by atoms with Crippen molar-refractivity contribution in [2.45, 2.75) is 53.5 Å². The summed E-state index contributed by atoms with van der Waals surface area (Å²) in [4.78, 5) is 11.5. The Hall–Kier alpha value is -1.31. The first-order valence-corrected chi connectivity index (χ1v) is 6.91. The average molecular weight is 249 g/mol. The van der Waals surface area contributed by atoms with Crippen LogP contribution in [0, 0.1) is 5.92 Å². The Kier molecular flexibility index (Phi) is 8.99. The molecule has 18 heavy (non-hydrogen) atoms. The molecule has 0 saturated heterocycles. The number of benzene rings is 1. The summed E-state index contributed by atoms with van der Waals surface area (Å²) in [5, 5.41) is 3.02. The topological polar surface area (TPSA) is 29.1 Å². The van der Waals surface area contributed by atoms with E-state index in [2.05, 4.69) is 31.3 Å². The second-order valence-corrected chi connectivity index (χ2v) is 4.76. The van der Waals surface area contributed by atoms with Crippen LogP contribution in [0.2, 0.25) is 0 Å². The highest BCUT2D eigenvalue weighted by Crippen LogP contribution is 2.04. The van der Waals surface area contributed by atoms with Crippen LogP contribution in [0.25, 0.3) is 0 Å². The van der Waals surface area contributed by atoms with Crippen LogP contribution in [0.4, 0.5) is 0 Å². The second-order valence-electron chi connectivity index (χ2n) is 4.76. The number of amides is 1. The summed E-state index contributed by atoms with van der Waals surface area (Å²) >= 11 is 0. The SMILES string of the molecule is CC.CC(C)CC(=O)NC(C)Cc1ccccc1. The summed E-state index contributed by atoms with van der Waals surface area (Å²) < 4.78 is 0. The van der Waals surface area contributed by atoms with Crippen LogP contribution >= 0.6 is 0 Å². The van der Waals surface area contributed by atoms with E-state index in [0.29, 0.717) is 12.3 Å². The molecule has 1 atom stereocenters. The molecule has 0 heterocycles. The van der Waals surface area contributed by atoms with Gasteiger partial charge in [-0.1, -0.05) is 58.0 Å².